The van der Waals surface area contributed by atoms with Gasteiger partial charge in [0.05, 0.1) is 33.2 Å². The van der Waals surface area contributed by atoms with Crippen LogP contribution in [0.4, 0.5) is 21.9 Å². The van der Waals surface area contributed by atoms with Gasteiger partial charge < -0.3 is 9.47 Å². The molecule has 3 aromatic rings. The minimum Gasteiger partial charge on any atom is -0.493 e. The number of nitro benzene ring substituents is 2. The number of aryl methyl sites for hydroxylation is 1. The zero-order valence-corrected chi connectivity index (χ0v) is 23.6. The van der Waals surface area contributed by atoms with Crippen molar-refractivity contribution in [3.63, 3.8) is 0 Å². The first-order valence-electron chi connectivity index (χ1n) is 11.1. The van der Waals surface area contributed by atoms with E-state index in [4.69, 9.17) is 9.47 Å². The van der Waals surface area contributed by atoms with Crippen LogP contribution in [0.1, 0.15) is 11.1 Å². The summed E-state index contributed by atoms with van der Waals surface area (Å²) in [5.41, 5.74) is -0.172. The van der Waals surface area contributed by atoms with E-state index in [1.54, 1.807) is 25.1 Å². The predicted octanol–water partition coefficient (Wildman–Crippen LogP) is 5.80. The molecule has 1 saturated heterocycles. The Morgan fingerprint density at radius 3 is 2.27 bits per heavy atom. The van der Waals surface area contributed by atoms with Gasteiger partial charge in [0, 0.05) is 10.5 Å². The number of non-ortho nitro benzene ring substituents is 1. The van der Waals surface area contributed by atoms with Crippen LogP contribution in [0.5, 0.6) is 17.2 Å². The van der Waals surface area contributed by atoms with Gasteiger partial charge in [-0.2, -0.15) is 0 Å². The average molecular weight is 676 g/mol. The number of halogens is 2. The standard InChI is InChI=1S/C25H16Br2N4O9/c1-12-7-14(3-5-17(12)26)29-24(33)16(23(32)28-25(29)34)8-13-9-18(27)22(21(10-13)39-2)40-20-6-4-15(30(35)36)11-19(20)31(37)38/h3-11H,1-2H3,(H,28,32,34)/b16-8+. The molecule has 40 heavy (non-hydrogen) atoms. The van der Waals surface area contributed by atoms with Gasteiger partial charge in [0.1, 0.15) is 5.57 Å². The number of amides is 4. The summed E-state index contributed by atoms with van der Waals surface area (Å²) in [6.45, 7) is 1.78. The number of hydrogen-bond acceptors (Lipinski definition) is 9. The molecule has 1 aliphatic heterocycles. The lowest BCUT2D eigenvalue weighted by molar-refractivity contribution is -0.394. The maximum Gasteiger partial charge on any atom is 0.335 e. The lowest BCUT2D eigenvalue weighted by Gasteiger charge is -2.26. The zero-order chi connectivity index (χ0) is 29.3. The van der Waals surface area contributed by atoms with Crippen molar-refractivity contribution in [1.29, 1.82) is 0 Å². The number of nitrogens with zero attached hydrogens (tertiary/aromatic N) is 3. The van der Waals surface area contributed by atoms with Crippen molar-refractivity contribution in [3.8, 4) is 17.2 Å². The van der Waals surface area contributed by atoms with Gasteiger partial charge in [-0.3, -0.25) is 35.1 Å². The van der Waals surface area contributed by atoms with Gasteiger partial charge in [0.2, 0.25) is 5.75 Å². The highest BCUT2D eigenvalue weighted by Crippen LogP contribution is 2.43. The molecule has 0 aromatic heterocycles. The Morgan fingerprint density at radius 1 is 0.925 bits per heavy atom. The Labute approximate surface area is 241 Å². The minimum atomic E-state index is -0.906. The Morgan fingerprint density at radius 2 is 1.65 bits per heavy atom. The van der Waals surface area contributed by atoms with E-state index >= 15 is 0 Å². The number of imide groups is 2. The SMILES string of the molecule is COc1cc(/C=C2\C(=O)NC(=O)N(c3ccc(Br)c(C)c3)C2=O)cc(Br)c1Oc1ccc([N+](=O)[O-])cc1[N+](=O)[O-]. The number of nitro groups is 2. The molecule has 3 aromatic carbocycles. The molecule has 1 aliphatic rings. The van der Waals surface area contributed by atoms with Gasteiger partial charge in [-0.15, -0.1) is 0 Å². The van der Waals surface area contributed by atoms with Gasteiger partial charge >= 0.3 is 11.7 Å². The van der Waals surface area contributed by atoms with Crippen LogP contribution < -0.4 is 19.7 Å². The summed E-state index contributed by atoms with van der Waals surface area (Å²) in [6, 6.07) is 9.67. The molecule has 13 nitrogen and oxygen atoms in total. The number of urea groups is 1. The Balaban J connectivity index is 1.72. The molecule has 4 amide bonds. The van der Waals surface area contributed by atoms with Crippen LogP contribution in [0.25, 0.3) is 6.08 Å². The molecule has 0 aliphatic carbocycles. The first-order chi connectivity index (χ1) is 18.9. The normalized spacial score (nSPS) is 14.2. The summed E-state index contributed by atoms with van der Waals surface area (Å²) in [5.74, 6) is -2.01. The molecule has 204 valence electrons. The number of ether oxygens (including phenoxy) is 2. The number of carbonyl (C=O) groups excluding carboxylic acids is 3. The van der Waals surface area contributed by atoms with E-state index in [2.05, 4.69) is 37.2 Å². The largest absolute Gasteiger partial charge is 0.493 e. The third kappa shape index (κ3) is 5.55. The monoisotopic (exact) mass is 674 g/mol. The second kappa shape index (κ2) is 11.2. The quantitative estimate of drug-likeness (QED) is 0.141. The number of carbonyl (C=O) groups is 3. The molecule has 1 fully saturated rings. The molecular formula is C25H16Br2N4O9. The predicted molar refractivity (Wildman–Crippen MR) is 148 cm³/mol. The lowest BCUT2D eigenvalue weighted by atomic mass is 10.1. The zero-order valence-electron chi connectivity index (χ0n) is 20.5. The number of nitrogens with one attached hydrogen (secondary N) is 1. The molecule has 0 bridgehead atoms. The fourth-order valence-corrected chi connectivity index (χ4v) is 4.49. The molecule has 0 radical (unpaired) electrons. The Kier molecular flexibility index (Phi) is 7.97. The topological polar surface area (TPSA) is 171 Å². The van der Waals surface area contributed by atoms with Crippen LogP contribution in [0, 0.1) is 27.2 Å². The summed E-state index contributed by atoms with van der Waals surface area (Å²) in [6.07, 6.45) is 1.24. The summed E-state index contributed by atoms with van der Waals surface area (Å²) in [7, 11) is 1.30. The first kappa shape index (κ1) is 28.4. The molecule has 1 N–H and O–H groups in total. The van der Waals surface area contributed by atoms with E-state index < -0.39 is 39.1 Å². The van der Waals surface area contributed by atoms with Crippen molar-refractivity contribution < 1.29 is 33.7 Å². The smallest absolute Gasteiger partial charge is 0.335 e. The van der Waals surface area contributed by atoms with Crippen LogP contribution in [-0.2, 0) is 9.59 Å². The summed E-state index contributed by atoms with van der Waals surface area (Å²) >= 11 is 6.66. The number of benzene rings is 3. The second-order valence-electron chi connectivity index (χ2n) is 8.19. The Hall–Kier alpha value is -4.63. The van der Waals surface area contributed by atoms with E-state index in [9.17, 15) is 34.6 Å². The highest BCUT2D eigenvalue weighted by molar-refractivity contribution is 9.10. The number of anilines is 1. The molecular weight excluding hydrogens is 660 g/mol. The van der Waals surface area contributed by atoms with Crippen molar-refractivity contribution in [2.24, 2.45) is 0 Å². The number of methoxy groups -OCH3 is 1. The van der Waals surface area contributed by atoms with Gasteiger partial charge in [-0.25, -0.2) is 9.69 Å². The maximum absolute atomic E-state index is 13.3. The molecule has 0 spiro atoms. The van der Waals surface area contributed by atoms with Crippen molar-refractivity contribution >= 4 is 72.8 Å². The highest BCUT2D eigenvalue weighted by atomic mass is 79.9. The Bertz CT molecular complexity index is 1660. The molecule has 4 rings (SSSR count). The van der Waals surface area contributed by atoms with Gasteiger partial charge in [-0.1, -0.05) is 15.9 Å². The maximum atomic E-state index is 13.3. The van der Waals surface area contributed by atoms with Gasteiger partial charge in [0.25, 0.3) is 17.5 Å². The lowest BCUT2D eigenvalue weighted by Crippen LogP contribution is -2.54. The first-order valence-corrected chi connectivity index (χ1v) is 12.7. The molecule has 1 heterocycles. The van der Waals surface area contributed by atoms with E-state index in [0.717, 1.165) is 33.1 Å². The molecule has 15 heteroatoms. The molecule has 0 atom stereocenters. The fraction of sp³-hybridized carbons (Fsp3) is 0.0800. The van der Waals surface area contributed by atoms with Crippen LogP contribution in [0.3, 0.4) is 0 Å². The highest BCUT2D eigenvalue weighted by Gasteiger charge is 2.37. The number of rotatable bonds is 7. The van der Waals surface area contributed by atoms with Crippen LogP contribution >= 0.6 is 31.9 Å². The minimum absolute atomic E-state index is 0.0110. The summed E-state index contributed by atoms with van der Waals surface area (Å²) in [4.78, 5) is 60.2. The number of hydrogen-bond donors (Lipinski definition) is 1. The van der Waals surface area contributed by atoms with Crippen LogP contribution in [-0.4, -0.2) is 34.8 Å². The third-order valence-electron chi connectivity index (χ3n) is 5.63. The van der Waals surface area contributed by atoms with Crippen LogP contribution in [0.15, 0.2) is 63.0 Å². The summed E-state index contributed by atoms with van der Waals surface area (Å²) < 4.78 is 12.0. The number of barbiturate groups is 1. The van der Waals surface area contributed by atoms with Crippen LogP contribution in [0.2, 0.25) is 0 Å². The van der Waals surface area contributed by atoms with E-state index in [1.165, 1.54) is 25.3 Å². The van der Waals surface area contributed by atoms with Crippen molar-refractivity contribution in [2.75, 3.05) is 12.0 Å². The van der Waals surface area contributed by atoms with E-state index in [0.29, 0.717) is 0 Å². The van der Waals surface area contributed by atoms with E-state index in [1.807, 2.05) is 0 Å². The van der Waals surface area contributed by atoms with Gasteiger partial charge in [-0.05, 0) is 76.5 Å². The second-order valence-corrected chi connectivity index (χ2v) is 9.90. The van der Waals surface area contributed by atoms with E-state index in [-0.39, 0.29) is 38.5 Å². The third-order valence-corrected chi connectivity index (χ3v) is 7.11. The molecule has 0 unspecified atom stereocenters. The van der Waals surface area contributed by atoms with Gasteiger partial charge in [0.15, 0.2) is 11.5 Å². The average Bonchev–Trinajstić information content (AvgIpc) is 2.89. The fourth-order valence-electron chi connectivity index (χ4n) is 3.71. The van der Waals surface area contributed by atoms with Crippen molar-refractivity contribution in [3.05, 3.63) is 94.4 Å². The van der Waals surface area contributed by atoms with Crippen molar-refractivity contribution in [1.82, 2.24) is 5.32 Å². The molecule has 0 saturated carbocycles. The summed E-state index contributed by atoms with van der Waals surface area (Å²) in [5, 5.41) is 24.7. The van der Waals surface area contributed by atoms with Crippen molar-refractivity contribution in [2.45, 2.75) is 6.92 Å².